The quantitative estimate of drug-likeness (QED) is 0.582. The van der Waals surface area contributed by atoms with Gasteiger partial charge in [-0.1, -0.05) is 35.9 Å². The van der Waals surface area contributed by atoms with E-state index in [9.17, 15) is 20.4 Å². The summed E-state index contributed by atoms with van der Waals surface area (Å²) >= 11 is 6.35. The predicted molar refractivity (Wildman–Crippen MR) is 105 cm³/mol. The van der Waals surface area contributed by atoms with E-state index in [1.54, 1.807) is 12.1 Å². The predicted octanol–water partition coefficient (Wildman–Crippen LogP) is 1.84. The number of hydrogen-bond donors (Lipinski definition) is 4. The minimum Gasteiger partial charge on any atom is -0.494 e. The summed E-state index contributed by atoms with van der Waals surface area (Å²) in [5.74, 6) is 0.799. The van der Waals surface area contributed by atoms with E-state index in [1.807, 2.05) is 37.3 Å². The van der Waals surface area contributed by atoms with E-state index in [1.165, 1.54) is 0 Å². The number of hydrogen-bond acceptors (Lipinski definition) is 6. The molecule has 3 rings (SSSR count). The van der Waals surface area contributed by atoms with Crippen molar-refractivity contribution in [2.75, 3.05) is 13.2 Å². The second-order valence-corrected chi connectivity index (χ2v) is 7.26. The molecule has 6 nitrogen and oxygen atoms in total. The van der Waals surface area contributed by atoms with Crippen LogP contribution in [0.25, 0.3) is 0 Å². The summed E-state index contributed by atoms with van der Waals surface area (Å²) in [5.41, 5.74) is 2.49. The van der Waals surface area contributed by atoms with E-state index in [0.29, 0.717) is 23.6 Å². The fourth-order valence-corrected chi connectivity index (χ4v) is 3.56. The van der Waals surface area contributed by atoms with Crippen molar-refractivity contribution in [3.63, 3.8) is 0 Å². The molecule has 0 saturated carbocycles. The minimum atomic E-state index is -1.42. The van der Waals surface area contributed by atoms with Crippen molar-refractivity contribution < 1.29 is 29.9 Å². The van der Waals surface area contributed by atoms with Gasteiger partial charge in [0.2, 0.25) is 0 Å². The van der Waals surface area contributed by atoms with Gasteiger partial charge in [-0.25, -0.2) is 0 Å². The summed E-state index contributed by atoms with van der Waals surface area (Å²) in [6.07, 6.45) is -5.39. The van der Waals surface area contributed by atoms with Gasteiger partial charge < -0.3 is 29.9 Å². The van der Waals surface area contributed by atoms with E-state index in [4.69, 9.17) is 21.1 Å². The van der Waals surface area contributed by atoms with Crippen LogP contribution in [0.5, 0.6) is 5.75 Å². The second kappa shape index (κ2) is 9.22. The largest absolute Gasteiger partial charge is 0.494 e. The van der Waals surface area contributed by atoms with E-state index in [2.05, 4.69) is 0 Å². The Labute approximate surface area is 168 Å². The number of ether oxygens (including phenoxy) is 2. The van der Waals surface area contributed by atoms with E-state index in [0.717, 1.165) is 16.9 Å². The summed E-state index contributed by atoms with van der Waals surface area (Å²) in [6.45, 7) is 2.07. The maximum atomic E-state index is 10.3. The second-order valence-electron chi connectivity index (χ2n) is 6.85. The fraction of sp³-hybridized carbons (Fsp3) is 0.429. The number of aliphatic hydroxyl groups excluding tert-OH is 4. The standard InChI is InChI=1S/C21H25ClO6/c1-2-27-15-6-3-12(4-7-15)9-14-10-13(5-8-16(14)22)21-20(26)19(25)18(24)17(11-23)28-21/h3-8,10,17-21,23-26H,2,9,11H2,1H3/t17-,18-,19?,20-,21?/m1/s1. The van der Waals surface area contributed by atoms with E-state index < -0.39 is 37.1 Å². The average molecular weight is 409 g/mol. The van der Waals surface area contributed by atoms with Crippen LogP contribution in [0.4, 0.5) is 0 Å². The van der Waals surface area contributed by atoms with Crippen LogP contribution in [-0.2, 0) is 11.2 Å². The maximum absolute atomic E-state index is 10.3. The molecule has 1 fully saturated rings. The van der Waals surface area contributed by atoms with Crippen molar-refractivity contribution >= 4 is 11.6 Å². The molecule has 0 amide bonds. The van der Waals surface area contributed by atoms with Gasteiger partial charge in [0.05, 0.1) is 13.2 Å². The zero-order valence-corrected chi connectivity index (χ0v) is 16.3. The molecule has 2 unspecified atom stereocenters. The lowest BCUT2D eigenvalue weighted by Gasteiger charge is -2.40. The van der Waals surface area contributed by atoms with Crippen LogP contribution in [0.1, 0.15) is 29.7 Å². The zero-order valence-electron chi connectivity index (χ0n) is 15.5. The van der Waals surface area contributed by atoms with Gasteiger partial charge in [-0.15, -0.1) is 0 Å². The first-order chi connectivity index (χ1) is 13.4. The molecule has 0 spiro atoms. The van der Waals surface area contributed by atoms with Gasteiger partial charge in [0.1, 0.15) is 36.3 Å². The van der Waals surface area contributed by atoms with E-state index >= 15 is 0 Å². The third-order valence-corrected chi connectivity index (χ3v) is 5.29. The average Bonchev–Trinajstić information content (AvgIpc) is 2.70. The number of rotatable bonds is 6. The summed E-state index contributed by atoms with van der Waals surface area (Å²) in [4.78, 5) is 0. The molecule has 1 saturated heterocycles. The van der Waals surface area contributed by atoms with Gasteiger partial charge in [0.15, 0.2) is 0 Å². The minimum absolute atomic E-state index is 0.464. The highest BCUT2D eigenvalue weighted by Gasteiger charge is 2.43. The van der Waals surface area contributed by atoms with Gasteiger partial charge in [-0.05, 0) is 48.2 Å². The van der Waals surface area contributed by atoms with Crippen molar-refractivity contribution in [2.45, 2.75) is 43.9 Å². The Bertz CT molecular complexity index is 779. The highest BCUT2D eigenvalue weighted by atomic mass is 35.5. The van der Waals surface area contributed by atoms with Crippen molar-refractivity contribution in [3.05, 3.63) is 64.2 Å². The van der Waals surface area contributed by atoms with Crippen molar-refractivity contribution in [1.29, 1.82) is 0 Å². The molecule has 0 radical (unpaired) electrons. The zero-order chi connectivity index (χ0) is 20.3. The first kappa shape index (κ1) is 21.0. The topological polar surface area (TPSA) is 99.4 Å². The molecule has 2 aromatic rings. The molecule has 1 aliphatic heterocycles. The highest BCUT2D eigenvalue weighted by molar-refractivity contribution is 6.31. The fourth-order valence-electron chi connectivity index (χ4n) is 3.37. The molecule has 152 valence electrons. The number of aliphatic hydroxyl groups is 4. The van der Waals surface area contributed by atoms with Gasteiger partial charge in [0, 0.05) is 5.02 Å². The lowest BCUT2D eigenvalue weighted by atomic mass is 9.90. The van der Waals surface area contributed by atoms with Crippen LogP contribution >= 0.6 is 11.6 Å². The smallest absolute Gasteiger partial charge is 0.119 e. The molecule has 0 aromatic heterocycles. The van der Waals surface area contributed by atoms with Crippen molar-refractivity contribution in [1.82, 2.24) is 0 Å². The summed E-state index contributed by atoms with van der Waals surface area (Å²) in [5, 5.41) is 40.3. The monoisotopic (exact) mass is 408 g/mol. The number of benzene rings is 2. The number of halogens is 1. The van der Waals surface area contributed by atoms with Crippen LogP contribution in [0.2, 0.25) is 5.02 Å². The first-order valence-corrected chi connectivity index (χ1v) is 9.63. The van der Waals surface area contributed by atoms with Crippen LogP contribution in [-0.4, -0.2) is 58.1 Å². The molecular formula is C21H25ClO6. The summed E-state index contributed by atoms with van der Waals surface area (Å²) in [6, 6.07) is 12.9. The summed E-state index contributed by atoms with van der Waals surface area (Å²) in [7, 11) is 0. The van der Waals surface area contributed by atoms with Gasteiger partial charge >= 0.3 is 0 Å². The Morgan fingerprint density at radius 2 is 1.71 bits per heavy atom. The lowest BCUT2D eigenvalue weighted by molar-refractivity contribution is -0.231. The van der Waals surface area contributed by atoms with Gasteiger partial charge in [-0.2, -0.15) is 0 Å². The molecular weight excluding hydrogens is 384 g/mol. The lowest BCUT2D eigenvalue weighted by Crippen LogP contribution is -2.55. The molecule has 4 N–H and O–H groups in total. The van der Waals surface area contributed by atoms with Gasteiger partial charge in [0.25, 0.3) is 0 Å². The Kier molecular flexibility index (Phi) is 6.93. The molecule has 28 heavy (non-hydrogen) atoms. The van der Waals surface area contributed by atoms with Crippen molar-refractivity contribution in [3.8, 4) is 5.75 Å². The highest BCUT2D eigenvalue weighted by Crippen LogP contribution is 2.34. The van der Waals surface area contributed by atoms with Crippen LogP contribution < -0.4 is 4.74 Å². The SMILES string of the molecule is CCOc1ccc(Cc2cc(C3O[C@H](CO)[C@@H](O)C(O)[C@H]3O)ccc2Cl)cc1. The Morgan fingerprint density at radius 3 is 2.36 bits per heavy atom. The molecule has 2 aromatic carbocycles. The van der Waals surface area contributed by atoms with Crippen LogP contribution in [0.15, 0.2) is 42.5 Å². The van der Waals surface area contributed by atoms with Gasteiger partial charge in [-0.3, -0.25) is 0 Å². The molecule has 0 bridgehead atoms. The maximum Gasteiger partial charge on any atom is 0.119 e. The van der Waals surface area contributed by atoms with E-state index in [-0.39, 0.29) is 0 Å². The molecule has 0 aliphatic carbocycles. The Hall–Kier alpha value is -1.67. The van der Waals surface area contributed by atoms with Crippen LogP contribution in [0.3, 0.4) is 0 Å². The third kappa shape index (κ3) is 4.49. The summed E-state index contributed by atoms with van der Waals surface area (Å²) < 4.78 is 11.1. The Morgan fingerprint density at radius 1 is 1.00 bits per heavy atom. The van der Waals surface area contributed by atoms with Crippen molar-refractivity contribution in [2.24, 2.45) is 0 Å². The molecule has 5 atom stereocenters. The molecule has 1 aliphatic rings. The third-order valence-electron chi connectivity index (χ3n) is 4.92. The molecule has 1 heterocycles. The Balaban J connectivity index is 1.82. The molecule has 7 heteroatoms. The normalized spacial score (nSPS) is 27.6. The van der Waals surface area contributed by atoms with Crippen LogP contribution in [0, 0.1) is 0 Å². The first-order valence-electron chi connectivity index (χ1n) is 9.25.